The van der Waals surface area contributed by atoms with Gasteiger partial charge < -0.3 is 20.1 Å². The summed E-state index contributed by atoms with van der Waals surface area (Å²) in [5.74, 6) is 1.19. The Morgan fingerprint density at radius 1 is 1.10 bits per heavy atom. The van der Waals surface area contributed by atoms with Crippen LogP contribution in [0.3, 0.4) is 0 Å². The zero-order valence-corrected chi connectivity index (χ0v) is 21.8. The maximum Gasteiger partial charge on any atom is 0.318 e. The molecule has 7 rings (SSSR count). The molecule has 11 heteroatoms. The fourth-order valence-electron chi connectivity index (χ4n) is 6.64. The molecule has 10 nitrogen and oxygen atoms in total. The topological polar surface area (TPSA) is 110 Å². The summed E-state index contributed by atoms with van der Waals surface area (Å²) in [6, 6.07) is 9.77. The Hall–Kier alpha value is -3.57. The number of carbonyl (C=O) groups excluding carboxylic acids is 1. The van der Waals surface area contributed by atoms with E-state index in [0.29, 0.717) is 74.6 Å². The van der Waals surface area contributed by atoms with Gasteiger partial charge in [0.15, 0.2) is 0 Å². The molecule has 2 aromatic heterocycles. The largest absolute Gasteiger partial charge is 0.461 e. The van der Waals surface area contributed by atoms with Crippen molar-refractivity contribution in [2.24, 2.45) is 0 Å². The summed E-state index contributed by atoms with van der Waals surface area (Å²) >= 11 is 0. The van der Waals surface area contributed by atoms with E-state index < -0.39 is 6.17 Å². The Morgan fingerprint density at radius 3 is 2.92 bits per heavy atom. The summed E-state index contributed by atoms with van der Waals surface area (Å²) < 4.78 is 26.2. The highest BCUT2D eigenvalue weighted by Crippen LogP contribution is 2.41. The number of rotatable bonds is 5. The first-order chi connectivity index (χ1) is 19.0. The van der Waals surface area contributed by atoms with E-state index >= 15 is 0 Å². The van der Waals surface area contributed by atoms with E-state index in [1.807, 2.05) is 24.3 Å². The number of halogens is 1. The van der Waals surface area contributed by atoms with E-state index in [4.69, 9.17) is 25.2 Å². The van der Waals surface area contributed by atoms with E-state index in [9.17, 15) is 9.18 Å². The maximum absolute atomic E-state index is 14.3. The molecule has 1 aromatic carbocycles. The molecule has 3 fully saturated rings. The van der Waals surface area contributed by atoms with Crippen molar-refractivity contribution in [2.45, 2.75) is 43.9 Å². The zero-order chi connectivity index (χ0) is 26.6. The summed E-state index contributed by atoms with van der Waals surface area (Å²) in [6.07, 6.45) is 2.38. The van der Waals surface area contributed by atoms with E-state index in [1.54, 1.807) is 11.0 Å². The summed E-state index contributed by atoms with van der Waals surface area (Å²) in [7, 11) is 0. The highest BCUT2D eigenvalue weighted by atomic mass is 19.1. The number of nitrogen functional groups attached to an aromatic ring is 1. The van der Waals surface area contributed by atoms with Gasteiger partial charge in [-0.2, -0.15) is 9.97 Å². The second-order valence-electron chi connectivity index (χ2n) is 11.0. The highest BCUT2D eigenvalue weighted by molar-refractivity contribution is 6.15. The van der Waals surface area contributed by atoms with Crippen LogP contribution in [0.5, 0.6) is 6.01 Å². The summed E-state index contributed by atoms with van der Waals surface area (Å²) in [5.41, 5.74) is 6.87. The number of aromatic nitrogens is 3. The average molecular weight is 534 g/mol. The molecule has 6 heterocycles. The molecule has 3 saturated heterocycles. The number of alkyl halides is 1. The standard InChI is InChI=1S/C28H32FN7O3/c29-19-14-28(7-3-9-35(28)15-19)17-39-27-31-21-16-36(24-20-6-2-1-5-18(20)13-22(30)32-24)26(37)23(21)25(33-27)34-8-4-11-38-12-10-34/h1-2,5-6,13,19H,3-4,7-12,14-17H2,(H2,30,32). The van der Waals surface area contributed by atoms with Gasteiger partial charge in [0.1, 0.15) is 35.8 Å². The number of hydrogen-bond donors (Lipinski definition) is 1. The molecule has 1 amide bonds. The second kappa shape index (κ2) is 9.56. The van der Waals surface area contributed by atoms with Crippen molar-refractivity contribution in [3.63, 3.8) is 0 Å². The molecule has 2 atom stereocenters. The van der Waals surface area contributed by atoms with Gasteiger partial charge in [-0.25, -0.2) is 9.37 Å². The monoisotopic (exact) mass is 533 g/mol. The van der Waals surface area contributed by atoms with Crippen LogP contribution in [0.2, 0.25) is 0 Å². The van der Waals surface area contributed by atoms with Gasteiger partial charge in [0.05, 0.1) is 24.4 Å². The first-order valence-electron chi connectivity index (χ1n) is 13.7. The summed E-state index contributed by atoms with van der Waals surface area (Å²) in [6.45, 7) is 4.42. The van der Waals surface area contributed by atoms with Gasteiger partial charge in [0.25, 0.3) is 5.91 Å². The smallest absolute Gasteiger partial charge is 0.318 e. The third-order valence-corrected chi connectivity index (χ3v) is 8.46. The number of amides is 1. The molecule has 204 valence electrons. The molecule has 0 aliphatic carbocycles. The molecule has 0 radical (unpaired) electrons. The first-order valence-corrected chi connectivity index (χ1v) is 13.7. The van der Waals surface area contributed by atoms with Crippen molar-refractivity contribution in [1.29, 1.82) is 0 Å². The number of fused-ring (bicyclic) bond motifs is 3. The molecule has 3 aromatic rings. The van der Waals surface area contributed by atoms with Crippen LogP contribution in [-0.4, -0.2) is 83.5 Å². The SMILES string of the molecule is Nc1cc2ccccc2c(N2Cc3nc(OCC45CCCN4CC(F)C5)nc(N4CCCOCC4)c3C2=O)n1. The van der Waals surface area contributed by atoms with Gasteiger partial charge >= 0.3 is 6.01 Å². The Labute approximate surface area is 225 Å². The molecule has 2 N–H and O–H groups in total. The van der Waals surface area contributed by atoms with Crippen molar-refractivity contribution in [3.05, 3.63) is 41.6 Å². The second-order valence-corrected chi connectivity index (χ2v) is 11.0. The molecular formula is C28H32FN7O3. The van der Waals surface area contributed by atoms with Crippen molar-refractivity contribution in [2.75, 3.05) is 61.5 Å². The van der Waals surface area contributed by atoms with Crippen LogP contribution in [0, 0.1) is 0 Å². The van der Waals surface area contributed by atoms with Crippen LogP contribution in [-0.2, 0) is 11.3 Å². The van der Waals surface area contributed by atoms with Crippen LogP contribution in [0.25, 0.3) is 10.8 Å². The number of anilines is 3. The van der Waals surface area contributed by atoms with Gasteiger partial charge in [0.2, 0.25) is 0 Å². The average Bonchev–Trinajstić information content (AvgIpc) is 3.46. The Balaban J connectivity index is 1.26. The molecule has 0 saturated carbocycles. The maximum atomic E-state index is 14.3. The fourth-order valence-corrected chi connectivity index (χ4v) is 6.64. The van der Waals surface area contributed by atoms with Crippen LogP contribution in [0.15, 0.2) is 30.3 Å². The van der Waals surface area contributed by atoms with Crippen molar-refractivity contribution in [1.82, 2.24) is 19.9 Å². The Bertz CT molecular complexity index is 1430. The predicted octanol–water partition coefficient (Wildman–Crippen LogP) is 2.95. The molecule has 2 unspecified atom stereocenters. The Morgan fingerprint density at radius 2 is 2.00 bits per heavy atom. The zero-order valence-electron chi connectivity index (χ0n) is 21.8. The van der Waals surface area contributed by atoms with Gasteiger partial charge in [-0.1, -0.05) is 24.3 Å². The Kier molecular flexibility index (Phi) is 6.00. The lowest BCUT2D eigenvalue weighted by Gasteiger charge is -2.31. The molecule has 4 aliphatic heterocycles. The number of nitrogens with zero attached hydrogens (tertiary/aromatic N) is 6. The van der Waals surface area contributed by atoms with Crippen molar-refractivity contribution < 1.29 is 18.7 Å². The number of hydrogen-bond acceptors (Lipinski definition) is 9. The number of nitrogens with two attached hydrogens (primary N) is 1. The number of ether oxygens (including phenoxy) is 2. The lowest BCUT2D eigenvalue weighted by molar-refractivity contribution is 0.0995. The first kappa shape index (κ1) is 24.5. The van der Waals surface area contributed by atoms with Crippen LogP contribution < -0.4 is 20.3 Å². The van der Waals surface area contributed by atoms with Gasteiger partial charge in [-0.05, 0) is 37.3 Å². The minimum atomic E-state index is -0.839. The molecule has 39 heavy (non-hydrogen) atoms. The summed E-state index contributed by atoms with van der Waals surface area (Å²) in [5, 5.41) is 1.75. The van der Waals surface area contributed by atoms with Gasteiger partial charge in [-0.3, -0.25) is 14.6 Å². The third-order valence-electron chi connectivity index (χ3n) is 8.46. The normalized spacial score (nSPS) is 25.3. The number of benzene rings is 1. The fraction of sp³-hybridized carbons (Fsp3) is 0.500. The molecule has 4 aliphatic rings. The van der Waals surface area contributed by atoms with Crippen molar-refractivity contribution >= 4 is 34.1 Å². The lowest BCUT2D eigenvalue weighted by Crippen LogP contribution is -2.43. The molecular weight excluding hydrogens is 501 g/mol. The highest BCUT2D eigenvalue weighted by Gasteiger charge is 2.49. The van der Waals surface area contributed by atoms with E-state index in [-0.39, 0.29) is 24.0 Å². The van der Waals surface area contributed by atoms with Gasteiger partial charge in [-0.15, -0.1) is 0 Å². The minimum Gasteiger partial charge on any atom is -0.461 e. The van der Waals surface area contributed by atoms with Crippen molar-refractivity contribution in [3.8, 4) is 6.01 Å². The van der Waals surface area contributed by atoms with Crippen LogP contribution in [0.1, 0.15) is 41.7 Å². The quantitative estimate of drug-likeness (QED) is 0.529. The summed E-state index contributed by atoms with van der Waals surface area (Å²) in [4.78, 5) is 34.0. The third kappa shape index (κ3) is 4.24. The van der Waals surface area contributed by atoms with Gasteiger partial charge in [0, 0.05) is 38.0 Å². The molecule has 0 spiro atoms. The van der Waals surface area contributed by atoms with Crippen LogP contribution in [0.4, 0.5) is 21.8 Å². The number of pyridine rings is 1. The lowest BCUT2D eigenvalue weighted by atomic mass is 9.95. The number of carbonyl (C=O) groups is 1. The van der Waals surface area contributed by atoms with E-state index in [0.717, 1.165) is 36.6 Å². The van der Waals surface area contributed by atoms with Crippen LogP contribution >= 0.6 is 0 Å². The molecule has 0 bridgehead atoms. The van der Waals surface area contributed by atoms with E-state index in [1.165, 1.54) is 0 Å². The van der Waals surface area contributed by atoms with E-state index in [2.05, 4.69) is 14.8 Å². The minimum absolute atomic E-state index is 0.211. The predicted molar refractivity (Wildman–Crippen MR) is 145 cm³/mol.